The van der Waals surface area contributed by atoms with Gasteiger partial charge in [0.25, 0.3) is 11.7 Å². The van der Waals surface area contributed by atoms with E-state index in [2.05, 4.69) is 15.9 Å². The molecule has 1 atom stereocenters. The smallest absolute Gasteiger partial charge is 0.303 e. The second kappa shape index (κ2) is 8.57. The summed E-state index contributed by atoms with van der Waals surface area (Å²) in [5, 5.41) is 19.7. The Kier molecular flexibility index (Phi) is 6.12. The number of aliphatic carboxylic acids is 1. The van der Waals surface area contributed by atoms with E-state index in [0.717, 1.165) is 9.37 Å². The average Bonchev–Trinajstić information content (AvgIpc) is 2.93. The molecule has 0 unspecified atom stereocenters. The number of carboxylic acid groups (broad SMARTS) is 1. The van der Waals surface area contributed by atoms with Crippen molar-refractivity contribution in [2.75, 3.05) is 6.54 Å². The Hall–Kier alpha value is -3.00. The number of carboxylic acids is 1. The van der Waals surface area contributed by atoms with Crippen LogP contribution < -0.4 is 0 Å². The normalized spacial score (nSPS) is 18.3. The first-order valence-electron chi connectivity index (χ1n) is 8.82. The summed E-state index contributed by atoms with van der Waals surface area (Å²) in [6, 6.07) is 11.0. The molecule has 8 heteroatoms. The molecule has 2 aromatic carbocycles. The molecule has 0 bridgehead atoms. The molecule has 2 N–H and O–H groups in total. The topological polar surface area (TPSA) is 94.9 Å². The van der Waals surface area contributed by atoms with Gasteiger partial charge in [-0.3, -0.25) is 14.4 Å². The number of hydrogen-bond acceptors (Lipinski definition) is 4. The van der Waals surface area contributed by atoms with E-state index in [-0.39, 0.29) is 30.5 Å². The van der Waals surface area contributed by atoms with Crippen LogP contribution in [0.3, 0.4) is 0 Å². The van der Waals surface area contributed by atoms with Crippen molar-refractivity contribution < 1.29 is 29.0 Å². The third-order valence-electron chi connectivity index (χ3n) is 4.65. The standard InChI is InChI=1S/C21H17BrFNO5/c22-13-9-7-12(8-10-13)19(27)17-18(14-4-1-2-5-15(14)23)24(21(29)20(17)28)11-3-6-16(25)26/h1-2,4-5,7-10,18,27H,3,6,11H2,(H,25,26)/t18-/m0/s1. The highest BCUT2D eigenvalue weighted by atomic mass is 79.9. The summed E-state index contributed by atoms with van der Waals surface area (Å²) in [7, 11) is 0. The third-order valence-corrected chi connectivity index (χ3v) is 5.18. The predicted molar refractivity (Wildman–Crippen MR) is 106 cm³/mol. The molecular formula is C21H17BrFNO5. The Morgan fingerprint density at radius 3 is 2.34 bits per heavy atom. The van der Waals surface area contributed by atoms with Crippen LogP contribution in [0.4, 0.5) is 4.39 Å². The summed E-state index contributed by atoms with van der Waals surface area (Å²) in [5.41, 5.74) is 0.136. The van der Waals surface area contributed by atoms with Crippen molar-refractivity contribution >= 4 is 39.3 Å². The second-order valence-corrected chi connectivity index (χ2v) is 7.43. The van der Waals surface area contributed by atoms with Crippen LogP contribution >= 0.6 is 15.9 Å². The lowest BCUT2D eigenvalue weighted by Crippen LogP contribution is -2.31. The van der Waals surface area contributed by atoms with Gasteiger partial charge in [-0.2, -0.15) is 0 Å². The van der Waals surface area contributed by atoms with Crippen LogP contribution in [0.2, 0.25) is 0 Å². The molecule has 0 aromatic heterocycles. The molecule has 1 aliphatic heterocycles. The lowest BCUT2D eigenvalue weighted by Gasteiger charge is -2.25. The first-order chi connectivity index (χ1) is 13.8. The Balaban J connectivity index is 2.12. The number of hydrogen-bond donors (Lipinski definition) is 2. The van der Waals surface area contributed by atoms with Crippen LogP contribution in [-0.2, 0) is 14.4 Å². The van der Waals surface area contributed by atoms with Gasteiger partial charge in [0.15, 0.2) is 0 Å². The van der Waals surface area contributed by atoms with E-state index in [1.165, 1.54) is 18.2 Å². The minimum atomic E-state index is -1.14. The molecule has 0 saturated carbocycles. The van der Waals surface area contributed by atoms with Crippen molar-refractivity contribution in [2.24, 2.45) is 0 Å². The highest BCUT2D eigenvalue weighted by Gasteiger charge is 2.46. The zero-order chi connectivity index (χ0) is 21.1. The maximum absolute atomic E-state index is 14.6. The first-order valence-corrected chi connectivity index (χ1v) is 9.61. The van der Waals surface area contributed by atoms with Gasteiger partial charge in [-0.05, 0) is 24.6 Å². The van der Waals surface area contributed by atoms with Crippen LogP contribution in [0.5, 0.6) is 0 Å². The maximum atomic E-state index is 14.6. The number of carbonyl (C=O) groups excluding carboxylic acids is 2. The predicted octanol–water partition coefficient (Wildman–Crippen LogP) is 3.87. The minimum Gasteiger partial charge on any atom is -0.507 e. The van der Waals surface area contributed by atoms with Gasteiger partial charge >= 0.3 is 5.97 Å². The van der Waals surface area contributed by atoms with Crippen LogP contribution in [0, 0.1) is 5.82 Å². The highest BCUT2D eigenvalue weighted by Crippen LogP contribution is 2.40. The molecule has 1 saturated heterocycles. The summed E-state index contributed by atoms with van der Waals surface area (Å²) in [5.74, 6) is -3.93. The summed E-state index contributed by atoms with van der Waals surface area (Å²) < 4.78 is 15.3. The number of carbonyl (C=O) groups is 3. The molecular weight excluding hydrogens is 445 g/mol. The lowest BCUT2D eigenvalue weighted by atomic mass is 9.95. The maximum Gasteiger partial charge on any atom is 0.303 e. The van der Waals surface area contributed by atoms with Crippen LogP contribution in [-0.4, -0.2) is 39.3 Å². The fraction of sp³-hybridized carbons (Fsp3) is 0.190. The summed E-state index contributed by atoms with van der Waals surface area (Å²) >= 11 is 3.28. The van der Waals surface area contributed by atoms with Crippen LogP contribution in [0.15, 0.2) is 58.6 Å². The molecule has 150 valence electrons. The fourth-order valence-corrected chi connectivity index (χ4v) is 3.56. The number of aliphatic hydroxyl groups excluding tert-OH is 1. The Labute approximate surface area is 174 Å². The van der Waals surface area contributed by atoms with E-state index in [4.69, 9.17) is 5.11 Å². The number of rotatable bonds is 6. The number of ketones is 1. The van der Waals surface area contributed by atoms with Gasteiger partial charge in [-0.25, -0.2) is 4.39 Å². The van der Waals surface area contributed by atoms with Crippen molar-refractivity contribution in [1.82, 2.24) is 4.90 Å². The number of likely N-dealkylation sites (tertiary alicyclic amines) is 1. The molecule has 1 aliphatic rings. The zero-order valence-corrected chi connectivity index (χ0v) is 16.7. The second-order valence-electron chi connectivity index (χ2n) is 6.52. The van der Waals surface area contributed by atoms with Crippen molar-refractivity contribution in [3.05, 3.63) is 75.5 Å². The van der Waals surface area contributed by atoms with Crippen molar-refractivity contribution in [2.45, 2.75) is 18.9 Å². The van der Waals surface area contributed by atoms with Gasteiger partial charge in [0.2, 0.25) is 0 Å². The quantitative estimate of drug-likeness (QED) is 0.386. The highest BCUT2D eigenvalue weighted by molar-refractivity contribution is 9.10. The number of Topliss-reactive ketones (excluding diaryl/α,β-unsaturated/α-hetero) is 1. The van der Waals surface area contributed by atoms with E-state index in [1.807, 2.05) is 0 Å². The average molecular weight is 462 g/mol. The van der Waals surface area contributed by atoms with Crippen molar-refractivity contribution in [1.29, 1.82) is 0 Å². The molecule has 1 fully saturated rings. The minimum absolute atomic E-state index is 0.0562. The van der Waals surface area contributed by atoms with Crippen molar-refractivity contribution in [3.8, 4) is 0 Å². The van der Waals surface area contributed by atoms with Gasteiger partial charge in [-0.1, -0.05) is 46.3 Å². The number of benzene rings is 2. The van der Waals surface area contributed by atoms with E-state index in [0.29, 0.717) is 5.56 Å². The lowest BCUT2D eigenvalue weighted by molar-refractivity contribution is -0.140. The molecule has 3 rings (SSSR count). The zero-order valence-electron chi connectivity index (χ0n) is 15.1. The van der Waals surface area contributed by atoms with E-state index < -0.39 is 35.3 Å². The number of nitrogens with zero attached hydrogens (tertiary/aromatic N) is 1. The molecule has 29 heavy (non-hydrogen) atoms. The summed E-state index contributed by atoms with van der Waals surface area (Å²) in [6.07, 6.45) is -0.120. The monoisotopic (exact) mass is 461 g/mol. The Bertz CT molecular complexity index is 1000. The fourth-order valence-electron chi connectivity index (χ4n) is 3.29. The summed E-state index contributed by atoms with van der Waals surface area (Å²) in [4.78, 5) is 37.3. The van der Waals surface area contributed by atoms with E-state index in [9.17, 15) is 23.9 Å². The number of halogens is 2. The molecule has 2 aromatic rings. The van der Waals surface area contributed by atoms with Crippen LogP contribution in [0.1, 0.15) is 30.0 Å². The van der Waals surface area contributed by atoms with Gasteiger partial charge in [-0.15, -0.1) is 0 Å². The third kappa shape index (κ3) is 4.22. The largest absolute Gasteiger partial charge is 0.507 e. The molecule has 6 nitrogen and oxygen atoms in total. The van der Waals surface area contributed by atoms with Gasteiger partial charge in [0.1, 0.15) is 11.6 Å². The van der Waals surface area contributed by atoms with Crippen LogP contribution in [0.25, 0.3) is 5.76 Å². The molecule has 1 heterocycles. The molecule has 0 aliphatic carbocycles. The number of aliphatic hydroxyl groups is 1. The first kappa shape index (κ1) is 20.7. The van der Waals surface area contributed by atoms with Gasteiger partial charge in [0.05, 0.1) is 11.6 Å². The Morgan fingerprint density at radius 2 is 1.72 bits per heavy atom. The van der Waals surface area contributed by atoms with Gasteiger partial charge < -0.3 is 15.1 Å². The Morgan fingerprint density at radius 1 is 1.07 bits per heavy atom. The van der Waals surface area contributed by atoms with Gasteiger partial charge in [0, 0.05) is 28.6 Å². The SMILES string of the molecule is O=C(O)CCCN1C(=O)C(=O)C(=C(O)c2ccc(Br)cc2)[C@@H]1c1ccccc1F. The molecule has 0 radical (unpaired) electrons. The molecule has 0 spiro atoms. The van der Waals surface area contributed by atoms with Crippen molar-refractivity contribution in [3.63, 3.8) is 0 Å². The summed E-state index contributed by atoms with van der Waals surface area (Å²) in [6.45, 7) is -0.0625. The van der Waals surface area contributed by atoms with E-state index >= 15 is 0 Å². The molecule has 1 amide bonds. The van der Waals surface area contributed by atoms with E-state index in [1.54, 1.807) is 30.3 Å². The number of amides is 1.